The van der Waals surface area contributed by atoms with Crippen LogP contribution in [0.2, 0.25) is 0 Å². The summed E-state index contributed by atoms with van der Waals surface area (Å²) in [6, 6.07) is 10.8. The molecule has 1 N–H and O–H groups in total. The van der Waals surface area contributed by atoms with E-state index in [4.69, 9.17) is 4.74 Å². The van der Waals surface area contributed by atoms with Crippen molar-refractivity contribution in [3.8, 4) is 5.75 Å². The van der Waals surface area contributed by atoms with Crippen molar-refractivity contribution in [1.29, 1.82) is 0 Å². The molecule has 1 heterocycles. The summed E-state index contributed by atoms with van der Waals surface area (Å²) in [5, 5.41) is 3.59. The fourth-order valence-corrected chi connectivity index (χ4v) is 3.59. The zero-order chi connectivity index (χ0) is 20.8. The van der Waals surface area contributed by atoms with E-state index in [1.54, 1.807) is 37.3 Å². The van der Waals surface area contributed by atoms with Crippen LogP contribution in [-0.4, -0.2) is 18.0 Å². The van der Waals surface area contributed by atoms with E-state index >= 15 is 0 Å². The fourth-order valence-electron chi connectivity index (χ4n) is 3.59. The maximum absolute atomic E-state index is 13.4. The third-order valence-electron chi connectivity index (χ3n) is 5.36. The Morgan fingerprint density at radius 3 is 2.59 bits per heavy atom. The monoisotopic (exact) mass is 400 g/mol. The summed E-state index contributed by atoms with van der Waals surface area (Å²) in [7, 11) is 1.51. The minimum atomic E-state index is -4.50. The molecule has 0 spiro atoms. The number of fused-ring (bicyclic) bond motifs is 1. The van der Waals surface area contributed by atoms with E-state index in [0.717, 1.165) is 17.7 Å². The molecule has 3 aromatic rings. The topological polar surface area (TPSA) is 51.2 Å². The standard InChI is InChI=1S/C22H19F3N2O2/c1-13-5-6-15(29-2)12-17(13)20(28)27-21(7-8-21)18-10-14(22(23,24)25)11-19-16(18)4-3-9-26-19/h3-6,9-12H,7-8H2,1-2H3,(H,27,28). The Balaban J connectivity index is 1.77. The molecule has 2 aromatic carbocycles. The van der Waals surface area contributed by atoms with E-state index < -0.39 is 17.3 Å². The van der Waals surface area contributed by atoms with Crippen LogP contribution in [0.25, 0.3) is 10.9 Å². The number of aromatic nitrogens is 1. The SMILES string of the molecule is COc1ccc(C)c(C(=O)NC2(c3cc(C(F)(F)F)cc4ncccc34)CC2)c1. The molecular formula is C22H19F3N2O2. The second kappa shape index (κ2) is 6.76. The highest BCUT2D eigenvalue weighted by atomic mass is 19.4. The van der Waals surface area contributed by atoms with Crippen molar-refractivity contribution in [3.05, 3.63) is 70.9 Å². The first-order valence-electron chi connectivity index (χ1n) is 9.17. The Bertz CT molecular complexity index is 1100. The van der Waals surface area contributed by atoms with E-state index in [-0.39, 0.29) is 11.4 Å². The predicted octanol–water partition coefficient (Wildman–Crippen LogP) is 4.99. The molecule has 0 bridgehead atoms. The molecule has 1 fully saturated rings. The van der Waals surface area contributed by atoms with Gasteiger partial charge in [0.1, 0.15) is 5.75 Å². The number of benzene rings is 2. The second-order valence-corrected chi connectivity index (χ2v) is 7.31. The summed E-state index contributed by atoms with van der Waals surface area (Å²) in [6.45, 7) is 1.80. The van der Waals surface area contributed by atoms with Gasteiger partial charge in [-0.25, -0.2) is 0 Å². The quantitative estimate of drug-likeness (QED) is 0.671. The summed E-state index contributed by atoms with van der Waals surface area (Å²) >= 11 is 0. The van der Waals surface area contributed by atoms with E-state index in [2.05, 4.69) is 10.3 Å². The molecule has 0 saturated heterocycles. The first-order valence-corrected chi connectivity index (χ1v) is 9.17. The van der Waals surface area contributed by atoms with Gasteiger partial charge in [0.05, 0.1) is 23.7 Å². The lowest BCUT2D eigenvalue weighted by Crippen LogP contribution is -2.35. The summed E-state index contributed by atoms with van der Waals surface area (Å²) < 4.78 is 45.5. The molecule has 1 saturated carbocycles. The number of pyridine rings is 1. The number of nitrogens with zero attached hydrogens (tertiary/aromatic N) is 1. The van der Waals surface area contributed by atoms with E-state index in [0.29, 0.717) is 35.1 Å². The first-order chi connectivity index (χ1) is 13.7. The van der Waals surface area contributed by atoms with Crippen molar-refractivity contribution in [2.75, 3.05) is 7.11 Å². The van der Waals surface area contributed by atoms with Crippen LogP contribution < -0.4 is 10.1 Å². The number of rotatable bonds is 4. The number of halogens is 3. The largest absolute Gasteiger partial charge is 0.497 e. The molecule has 1 aliphatic carbocycles. The number of carbonyl (C=O) groups excluding carboxylic acids is 1. The average Bonchev–Trinajstić information content (AvgIpc) is 3.47. The van der Waals surface area contributed by atoms with Crippen LogP contribution >= 0.6 is 0 Å². The molecule has 29 heavy (non-hydrogen) atoms. The Morgan fingerprint density at radius 1 is 1.17 bits per heavy atom. The van der Waals surface area contributed by atoms with Gasteiger partial charge in [0.15, 0.2) is 0 Å². The second-order valence-electron chi connectivity index (χ2n) is 7.31. The number of alkyl halides is 3. The van der Waals surface area contributed by atoms with Gasteiger partial charge in [-0.1, -0.05) is 12.1 Å². The zero-order valence-corrected chi connectivity index (χ0v) is 15.9. The number of hydrogen-bond acceptors (Lipinski definition) is 3. The highest BCUT2D eigenvalue weighted by Gasteiger charge is 2.48. The van der Waals surface area contributed by atoms with Crippen molar-refractivity contribution in [3.63, 3.8) is 0 Å². The minimum absolute atomic E-state index is 0.260. The van der Waals surface area contributed by atoms with Gasteiger partial charge >= 0.3 is 6.18 Å². The number of hydrogen-bond donors (Lipinski definition) is 1. The van der Waals surface area contributed by atoms with Gasteiger partial charge in [0.2, 0.25) is 0 Å². The summed E-state index contributed by atoms with van der Waals surface area (Å²) in [4.78, 5) is 17.1. The summed E-state index contributed by atoms with van der Waals surface area (Å²) in [6.07, 6.45) is -1.91. The number of ether oxygens (including phenoxy) is 1. The molecule has 150 valence electrons. The van der Waals surface area contributed by atoms with Gasteiger partial charge in [-0.2, -0.15) is 13.2 Å². The third-order valence-corrected chi connectivity index (χ3v) is 5.36. The minimum Gasteiger partial charge on any atom is -0.497 e. The van der Waals surface area contributed by atoms with Crippen LogP contribution in [-0.2, 0) is 11.7 Å². The number of aryl methyl sites for hydroxylation is 1. The van der Waals surface area contributed by atoms with Gasteiger partial charge in [0, 0.05) is 17.1 Å². The average molecular weight is 400 g/mol. The molecule has 0 unspecified atom stereocenters. The Hall–Kier alpha value is -3.09. The Labute approximate surface area is 165 Å². The summed E-state index contributed by atoms with van der Waals surface area (Å²) in [5.74, 6) is 0.202. The summed E-state index contributed by atoms with van der Waals surface area (Å²) in [5.41, 5.74) is 0.297. The van der Waals surface area contributed by atoms with Crippen molar-refractivity contribution in [2.24, 2.45) is 0 Å². The number of amides is 1. The van der Waals surface area contributed by atoms with Crippen LogP contribution in [0.1, 0.15) is 39.9 Å². The number of nitrogens with one attached hydrogen (secondary N) is 1. The molecule has 1 aliphatic rings. The predicted molar refractivity (Wildman–Crippen MR) is 103 cm³/mol. The molecule has 4 nitrogen and oxygen atoms in total. The molecule has 0 radical (unpaired) electrons. The van der Waals surface area contributed by atoms with Crippen LogP contribution in [0.3, 0.4) is 0 Å². The maximum atomic E-state index is 13.4. The Morgan fingerprint density at radius 2 is 1.93 bits per heavy atom. The van der Waals surface area contributed by atoms with Gasteiger partial charge in [-0.15, -0.1) is 0 Å². The lowest BCUT2D eigenvalue weighted by Gasteiger charge is -2.22. The van der Waals surface area contributed by atoms with Gasteiger partial charge in [0.25, 0.3) is 5.91 Å². The van der Waals surface area contributed by atoms with Crippen LogP contribution in [0, 0.1) is 6.92 Å². The molecule has 0 aliphatic heterocycles. The lowest BCUT2D eigenvalue weighted by atomic mass is 9.95. The Kier molecular flexibility index (Phi) is 4.48. The highest BCUT2D eigenvalue weighted by Crippen LogP contribution is 2.49. The highest BCUT2D eigenvalue weighted by molar-refractivity contribution is 5.97. The normalized spacial score (nSPS) is 15.2. The van der Waals surface area contributed by atoms with E-state index in [9.17, 15) is 18.0 Å². The number of methoxy groups -OCH3 is 1. The fraction of sp³-hybridized carbons (Fsp3) is 0.273. The van der Waals surface area contributed by atoms with Crippen molar-refractivity contribution < 1.29 is 22.7 Å². The van der Waals surface area contributed by atoms with Gasteiger partial charge in [-0.3, -0.25) is 9.78 Å². The molecule has 0 atom stereocenters. The number of carbonyl (C=O) groups is 1. The van der Waals surface area contributed by atoms with E-state index in [1.165, 1.54) is 13.3 Å². The molecule has 4 rings (SSSR count). The smallest absolute Gasteiger partial charge is 0.416 e. The molecular weight excluding hydrogens is 381 g/mol. The van der Waals surface area contributed by atoms with Crippen LogP contribution in [0.5, 0.6) is 5.75 Å². The lowest BCUT2D eigenvalue weighted by molar-refractivity contribution is -0.137. The van der Waals surface area contributed by atoms with Gasteiger partial charge < -0.3 is 10.1 Å². The first kappa shape index (κ1) is 19.2. The van der Waals surface area contributed by atoms with Crippen molar-refractivity contribution in [2.45, 2.75) is 31.5 Å². The van der Waals surface area contributed by atoms with E-state index in [1.807, 2.05) is 0 Å². The van der Waals surface area contributed by atoms with Crippen LogP contribution in [0.4, 0.5) is 13.2 Å². The zero-order valence-electron chi connectivity index (χ0n) is 15.9. The maximum Gasteiger partial charge on any atom is 0.416 e. The van der Waals surface area contributed by atoms with Gasteiger partial charge in [-0.05, 0) is 61.2 Å². The molecule has 1 aromatic heterocycles. The van der Waals surface area contributed by atoms with Crippen LogP contribution in [0.15, 0.2) is 48.7 Å². The molecule has 7 heteroatoms. The third kappa shape index (κ3) is 3.52. The molecule has 1 amide bonds. The van der Waals surface area contributed by atoms with Crippen molar-refractivity contribution in [1.82, 2.24) is 10.3 Å². The van der Waals surface area contributed by atoms with Crippen molar-refractivity contribution >= 4 is 16.8 Å².